The van der Waals surface area contributed by atoms with Crippen molar-refractivity contribution in [3.05, 3.63) is 35.6 Å². The second-order valence-electron chi connectivity index (χ2n) is 4.48. The molecule has 0 spiro atoms. The minimum atomic E-state index is -0.272. The molecule has 3 nitrogen and oxygen atoms in total. The molecule has 0 aromatic heterocycles. The van der Waals surface area contributed by atoms with E-state index in [1.807, 2.05) is 13.0 Å². The topological polar surface area (TPSA) is 41.1 Å². The van der Waals surface area contributed by atoms with E-state index < -0.39 is 0 Å². The molecule has 2 rings (SSSR count). The van der Waals surface area contributed by atoms with Crippen molar-refractivity contribution in [1.29, 1.82) is 0 Å². The Labute approximate surface area is 100 Å². The van der Waals surface area contributed by atoms with E-state index in [1.54, 1.807) is 6.07 Å². The van der Waals surface area contributed by atoms with E-state index in [9.17, 15) is 9.18 Å². The summed E-state index contributed by atoms with van der Waals surface area (Å²) in [6.07, 6.45) is 0.877. The molecular weight excluding hydrogens is 219 g/mol. The van der Waals surface area contributed by atoms with Crippen LogP contribution in [0.25, 0.3) is 0 Å². The molecule has 1 aliphatic rings. The zero-order valence-electron chi connectivity index (χ0n) is 9.87. The van der Waals surface area contributed by atoms with Crippen molar-refractivity contribution in [3.8, 4) is 0 Å². The molecule has 1 fully saturated rings. The van der Waals surface area contributed by atoms with Crippen molar-refractivity contribution in [2.45, 2.75) is 19.4 Å². The van der Waals surface area contributed by atoms with Crippen molar-refractivity contribution < 1.29 is 9.18 Å². The van der Waals surface area contributed by atoms with Crippen LogP contribution in [0.15, 0.2) is 24.3 Å². The first-order valence-corrected chi connectivity index (χ1v) is 5.93. The quantitative estimate of drug-likeness (QED) is 0.837. The standard InChI is InChI=1S/C13H17FN2O/c1-9(10-3-2-4-12(14)7-10)16-13(17)11-5-6-15-8-11/h2-4,7,9,11,15H,5-6,8H2,1H3,(H,16,17). The highest BCUT2D eigenvalue weighted by Gasteiger charge is 2.23. The zero-order chi connectivity index (χ0) is 12.3. The molecule has 2 atom stereocenters. The number of hydrogen-bond donors (Lipinski definition) is 2. The minimum Gasteiger partial charge on any atom is -0.349 e. The van der Waals surface area contributed by atoms with Crippen LogP contribution in [0.2, 0.25) is 0 Å². The Morgan fingerprint density at radius 2 is 2.41 bits per heavy atom. The van der Waals surface area contributed by atoms with Gasteiger partial charge in [-0.25, -0.2) is 4.39 Å². The number of halogens is 1. The van der Waals surface area contributed by atoms with Crippen LogP contribution in [0.4, 0.5) is 4.39 Å². The maximum absolute atomic E-state index is 13.0. The lowest BCUT2D eigenvalue weighted by Gasteiger charge is -2.17. The predicted molar refractivity (Wildman–Crippen MR) is 63.9 cm³/mol. The summed E-state index contributed by atoms with van der Waals surface area (Å²) >= 11 is 0. The fraction of sp³-hybridized carbons (Fsp3) is 0.462. The number of hydrogen-bond acceptors (Lipinski definition) is 2. The molecule has 2 N–H and O–H groups in total. The van der Waals surface area contributed by atoms with E-state index in [0.29, 0.717) is 0 Å². The lowest BCUT2D eigenvalue weighted by molar-refractivity contribution is -0.125. The maximum Gasteiger partial charge on any atom is 0.224 e. The lowest BCUT2D eigenvalue weighted by Crippen LogP contribution is -2.33. The molecule has 1 aromatic carbocycles. The van der Waals surface area contributed by atoms with Crippen LogP contribution in [-0.4, -0.2) is 19.0 Å². The summed E-state index contributed by atoms with van der Waals surface area (Å²) in [5.74, 6) is -0.177. The first kappa shape index (κ1) is 12.0. The Morgan fingerprint density at radius 3 is 3.06 bits per heavy atom. The minimum absolute atomic E-state index is 0.0472. The van der Waals surface area contributed by atoms with Gasteiger partial charge in [0, 0.05) is 6.54 Å². The Balaban J connectivity index is 1.96. The third kappa shape index (κ3) is 3.03. The third-order valence-electron chi connectivity index (χ3n) is 3.14. The summed E-state index contributed by atoms with van der Waals surface area (Å²) in [6, 6.07) is 6.18. The molecule has 1 saturated heterocycles. The van der Waals surface area contributed by atoms with Crippen LogP contribution in [-0.2, 0) is 4.79 Å². The Hall–Kier alpha value is -1.42. The van der Waals surface area contributed by atoms with Gasteiger partial charge in [0.25, 0.3) is 0 Å². The average molecular weight is 236 g/mol. The van der Waals surface area contributed by atoms with Gasteiger partial charge < -0.3 is 10.6 Å². The molecule has 0 radical (unpaired) electrons. The average Bonchev–Trinajstić information content (AvgIpc) is 2.82. The lowest BCUT2D eigenvalue weighted by atomic mass is 10.1. The van der Waals surface area contributed by atoms with E-state index in [-0.39, 0.29) is 23.7 Å². The molecule has 1 amide bonds. The number of carbonyl (C=O) groups excluding carboxylic acids is 1. The third-order valence-corrected chi connectivity index (χ3v) is 3.14. The van der Waals surface area contributed by atoms with Crippen molar-refractivity contribution in [2.24, 2.45) is 5.92 Å². The Bertz CT molecular complexity index is 402. The molecule has 92 valence electrons. The number of benzene rings is 1. The largest absolute Gasteiger partial charge is 0.349 e. The van der Waals surface area contributed by atoms with E-state index in [0.717, 1.165) is 25.1 Å². The predicted octanol–water partition coefficient (Wildman–Crippen LogP) is 1.61. The van der Waals surface area contributed by atoms with Gasteiger partial charge in [0.2, 0.25) is 5.91 Å². The van der Waals surface area contributed by atoms with Crippen molar-refractivity contribution in [2.75, 3.05) is 13.1 Å². The van der Waals surface area contributed by atoms with Crippen molar-refractivity contribution in [3.63, 3.8) is 0 Å². The summed E-state index contributed by atoms with van der Waals surface area (Å²) in [5.41, 5.74) is 0.796. The van der Waals surface area contributed by atoms with E-state index in [2.05, 4.69) is 10.6 Å². The van der Waals surface area contributed by atoms with Gasteiger partial charge in [0.15, 0.2) is 0 Å². The van der Waals surface area contributed by atoms with E-state index in [4.69, 9.17) is 0 Å². The molecule has 0 bridgehead atoms. The van der Waals surface area contributed by atoms with Gasteiger partial charge in [-0.1, -0.05) is 12.1 Å². The number of nitrogens with one attached hydrogen (secondary N) is 2. The van der Waals surface area contributed by atoms with Gasteiger partial charge in [-0.2, -0.15) is 0 Å². The monoisotopic (exact) mass is 236 g/mol. The van der Waals surface area contributed by atoms with Crippen LogP contribution in [0.1, 0.15) is 24.9 Å². The highest BCUT2D eigenvalue weighted by molar-refractivity contribution is 5.79. The van der Waals surface area contributed by atoms with Crippen LogP contribution in [0.5, 0.6) is 0 Å². The fourth-order valence-corrected chi connectivity index (χ4v) is 2.07. The maximum atomic E-state index is 13.0. The Morgan fingerprint density at radius 1 is 1.59 bits per heavy atom. The molecule has 4 heteroatoms. The second kappa shape index (κ2) is 5.27. The highest BCUT2D eigenvalue weighted by atomic mass is 19.1. The molecule has 0 aliphatic carbocycles. The van der Waals surface area contributed by atoms with Crippen LogP contribution in [0, 0.1) is 11.7 Å². The zero-order valence-corrected chi connectivity index (χ0v) is 9.87. The van der Waals surface area contributed by atoms with Crippen molar-refractivity contribution in [1.82, 2.24) is 10.6 Å². The molecule has 1 aliphatic heterocycles. The van der Waals surface area contributed by atoms with Crippen LogP contribution >= 0.6 is 0 Å². The van der Waals surface area contributed by atoms with Crippen molar-refractivity contribution >= 4 is 5.91 Å². The highest BCUT2D eigenvalue weighted by Crippen LogP contribution is 2.15. The van der Waals surface area contributed by atoms with Crippen LogP contribution < -0.4 is 10.6 Å². The van der Waals surface area contributed by atoms with E-state index >= 15 is 0 Å². The number of amides is 1. The normalized spacial score (nSPS) is 21.2. The molecule has 2 unspecified atom stereocenters. The van der Waals surface area contributed by atoms with E-state index in [1.165, 1.54) is 12.1 Å². The first-order chi connectivity index (χ1) is 8.16. The molecule has 0 saturated carbocycles. The van der Waals surface area contributed by atoms with Crippen LogP contribution in [0.3, 0.4) is 0 Å². The van der Waals surface area contributed by atoms with Gasteiger partial charge in [0.1, 0.15) is 5.82 Å². The summed E-state index contributed by atoms with van der Waals surface area (Å²) in [7, 11) is 0. The molecule has 17 heavy (non-hydrogen) atoms. The van der Waals surface area contributed by atoms with Gasteiger partial charge in [-0.05, 0) is 37.6 Å². The number of carbonyl (C=O) groups is 1. The molecular formula is C13H17FN2O. The first-order valence-electron chi connectivity index (χ1n) is 5.93. The van der Waals surface area contributed by atoms with Gasteiger partial charge in [-0.3, -0.25) is 4.79 Å². The second-order valence-corrected chi connectivity index (χ2v) is 4.48. The SMILES string of the molecule is CC(NC(=O)C1CCNC1)c1cccc(F)c1. The summed E-state index contributed by atoms with van der Waals surface area (Å²) in [5, 5.41) is 6.07. The smallest absolute Gasteiger partial charge is 0.224 e. The fourth-order valence-electron chi connectivity index (χ4n) is 2.07. The Kier molecular flexibility index (Phi) is 3.74. The number of rotatable bonds is 3. The summed E-state index contributed by atoms with van der Waals surface area (Å²) < 4.78 is 13.0. The van der Waals surface area contributed by atoms with Gasteiger partial charge in [0.05, 0.1) is 12.0 Å². The van der Waals surface area contributed by atoms with Gasteiger partial charge >= 0.3 is 0 Å². The summed E-state index contributed by atoms with van der Waals surface area (Å²) in [6.45, 7) is 3.50. The molecule has 1 heterocycles. The van der Waals surface area contributed by atoms with Gasteiger partial charge in [-0.15, -0.1) is 0 Å². The summed E-state index contributed by atoms with van der Waals surface area (Å²) in [4.78, 5) is 11.9. The molecule has 1 aromatic rings.